The van der Waals surface area contributed by atoms with E-state index in [0.717, 1.165) is 70.6 Å². The third-order valence-corrected chi connectivity index (χ3v) is 10.2. The van der Waals surface area contributed by atoms with Crippen LogP contribution in [0.3, 0.4) is 0 Å². The Labute approximate surface area is 330 Å². The van der Waals surface area contributed by atoms with Gasteiger partial charge in [-0.15, -0.1) is 0 Å². The fraction of sp³-hybridized carbons (Fsp3) is 0.837. The van der Waals surface area contributed by atoms with Gasteiger partial charge in [0, 0.05) is 19.3 Å². The minimum Gasteiger partial charge on any atom is -0.462 e. The highest BCUT2D eigenvalue weighted by atomic mass is 31.2. The zero-order chi connectivity index (χ0) is 40.2. The van der Waals surface area contributed by atoms with Crippen molar-refractivity contribution in [3.8, 4) is 0 Å². The first-order valence-corrected chi connectivity index (χ1v) is 23.0. The predicted molar refractivity (Wildman–Crippen MR) is 220 cm³/mol. The number of nitrogens with zero attached hydrogens (tertiary/aromatic N) is 1. The van der Waals surface area contributed by atoms with Gasteiger partial charge in [-0.1, -0.05) is 148 Å². The van der Waals surface area contributed by atoms with Gasteiger partial charge in [-0.2, -0.15) is 0 Å². The number of carbonyl (C=O) groups excluding carboxylic acids is 3. The molecule has 0 spiro atoms. The fourth-order valence-electron chi connectivity index (χ4n) is 5.76. The van der Waals surface area contributed by atoms with Crippen LogP contribution in [0.15, 0.2) is 24.3 Å². The van der Waals surface area contributed by atoms with Crippen molar-refractivity contribution in [2.45, 2.75) is 187 Å². The summed E-state index contributed by atoms with van der Waals surface area (Å²) in [5.41, 5.74) is 0. The number of esters is 2. The summed E-state index contributed by atoms with van der Waals surface area (Å²) < 4.78 is 34.2. The second kappa shape index (κ2) is 35.6. The fourth-order valence-corrected chi connectivity index (χ4v) is 6.50. The van der Waals surface area contributed by atoms with Crippen LogP contribution in [-0.4, -0.2) is 80.7 Å². The second-order valence-electron chi connectivity index (χ2n) is 15.8. The standard InChI is InChI=1S/C43H80NO9P/c1-6-8-10-11-12-13-14-15-16-17-20-23-26-30-34-42(46)50-38-41(39-52-54(48,49)51-37-36-44(3,4)5)53-43(47)35-31-27-24-21-18-19-22-25-29-33-40(45)32-28-9-7-2/h22,25,29,33,41H,6-21,23-24,26-28,30-32,34-39H2,1-5H3/p+1/b25-22-,33-29+/t41-/m1/s1. The highest BCUT2D eigenvalue weighted by Crippen LogP contribution is 2.43. The number of unbranched alkanes of at least 4 members (excludes halogenated alkanes) is 20. The van der Waals surface area contributed by atoms with Crippen LogP contribution in [0.2, 0.25) is 0 Å². The summed E-state index contributed by atoms with van der Waals surface area (Å²) >= 11 is 0. The van der Waals surface area contributed by atoms with Gasteiger partial charge in [-0.3, -0.25) is 23.4 Å². The number of ketones is 1. The molecule has 1 unspecified atom stereocenters. The van der Waals surface area contributed by atoms with Crippen molar-refractivity contribution in [2.75, 3.05) is 47.5 Å². The number of likely N-dealkylation sites (N-methyl/N-ethyl adjacent to an activating group) is 1. The Bertz CT molecular complexity index is 1040. The average molecular weight is 787 g/mol. The molecule has 0 amide bonds. The van der Waals surface area contributed by atoms with Crippen LogP contribution < -0.4 is 0 Å². The zero-order valence-electron chi connectivity index (χ0n) is 35.2. The molecule has 0 aromatic carbocycles. The molecule has 0 aliphatic carbocycles. The Hall–Kier alpha value is -1.84. The summed E-state index contributed by atoms with van der Waals surface area (Å²) in [6.07, 6.45) is 33.4. The number of hydrogen-bond donors (Lipinski definition) is 1. The lowest BCUT2D eigenvalue weighted by atomic mass is 10.0. The smallest absolute Gasteiger partial charge is 0.462 e. The Morgan fingerprint density at radius 2 is 1.09 bits per heavy atom. The van der Waals surface area contributed by atoms with Crippen molar-refractivity contribution in [2.24, 2.45) is 0 Å². The van der Waals surface area contributed by atoms with Crippen molar-refractivity contribution in [3.05, 3.63) is 24.3 Å². The van der Waals surface area contributed by atoms with E-state index in [1.807, 2.05) is 33.3 Å². The van der Waals surface area contributed by atoms with Gasteiger partial charge in [-0.25, -0.2) is 4.57 Å². The van der Waals surface area contributed by atoms with E-state index >= 15 is 0 Å². The van der Waals surface area contributed by atoms with E-state index < -0.39 is 26.5 Å². The maximum absolute atomic E-state index is 12.7. The predicted octanol–water partition coefficient (Wildman–Crippen LogP) is 11.1. The van der Waals surface area contributed by atoms with Crippen molar-refractivity contribution in [1.82, 2.24) is 0 Å². The van der Waals surface area contributed by atoms with Gasteiger partial charge in [0.05, 0.1) is 27.7 Å². The Kier molecular flexibility index (Phi) is 34.4. The summed E-state index contributed by atoms with van der Waals surface area (Å²) in [4.78, 5) is 47.1. The largest absolute Gasteiger partial charge is 0.472 e. The lowest BCUT2D eigenvalue weighted by Gasteiger charge is -2.24. The molecule has 54 heavy (non-hydrogen) atoms. The van der Waals surface area contributed by atoms with Gasteiger partial charge in [0.15, 0.2) is 11.9 Å². The van der Waals surface area contributed by atoms with Gasteiger partial charge < -0.3 is 18.9 Å². The van der Waals surface area contributed by atoms with Crippen LogP contribution in [-0.2, 0) is 37.5 Å². The van der Waals surface area contributed by atoms with Crippen LogP contribution in [0.5, 0.6) is 0 Å². The molecular weight excluding hydrogens is 705 g/mol. The lowest BCUT2D eigenvalue weighted by Crippen LogP contribution is -2.37. The van der Waals surface area contributed by atoms with Gasteiger partial charge in [0.25, 0.3) is 0 Å². The molecule has 0 aromatic heterocycles. The molecule has 0 aromatic rings. The Morgan fingerprint density at radius 1 is 0.611 bits per heavy atom. The summed E-state index contributed by atoms with van der Waals surface area (Å²) in [6.45, 7) is 4.22. The number of phosphoric ester groups is 1. The molecule has 11 heteroatoms. The SMILES string of the molecule is CCCCCCCCCCCCCCCCC(=O)OC[C@H](COP(=O)(O)OCC[N+](C)(C)C)OC(=O)CCCCCCC/C=C\C=C\C(=O)CCCCC. The molecule has 0 rings (SSSR count). The van der Waals surface area contributed by atoms with Crippen LogP contribution in [0.25, 0.3) is 0 Å². The quantitative estimate of drug-likeness (QED) is 0.0162. The summed E-state index contributed by atoms with van der Waals surface area (Å²) in [5.74, 6) is -0.678. The van der Waals surface area contributed by atoms with E-state index in [9.17, 15) is 23.8 Å². The molecule has 0 fully saturated rings. The van der Waals surface area contributed by atoms with E-state index in [0.29, 0.717) is 23.9 Å². The summed E-state index contributed by atoms with van der Waals surface area (Å²) in [7, 11) is 1.43. The van der Waals surface area contributed by atoms with Gasteiger partial charge in [-0.05, 0) is 38.2 Å². The van der Waals surface area contributed by atoms with Crippen molar-refractivity contribution in [1.29, 1.82) is 0 Å². The number of allylic oxidation sites excluding steroid dienone is 4. The van der Waals surface area contributed by atoms with Gasteiger partial charge in [0.2, 0.25) is 0 Å². The summed E-state index contributed by atoms with van der Waals surface area (Å²) in [5, 5.41) is 0. The molecular formula is C43H81NO9P+. The number of phosphoric acid groups is 1. The van der Waals surface area contributed by atoms with Gasteiger partial charge >= 0.3 is 19.8 Å². The minimum absolute atomic E-state index is 0.0173. The maximum Gasteiger partial charge on any atom is 0.472 e. The molecule has 2 atom stereocenters. The number of hydrogen-bond acceptors (Lipinski definition) is 8. The topological polar surface area (TPSA) is 125 Å². The van der Waals surface area contributed by atoms with E-state index in [1.54, 1.807) is 6.08 Å². The van der Waals surface area contributed by atoms with E-state index in [1.165, 1.54) is 70.6 Å². The van der Waals surface area contributed by atoms with E-state index in [2.05, 4.69) is 19.9 Å². The molecule has 1 N–H and O–H groups in total. The molecule has 0 radical (unpaired) electrons. The first-order chi connectivity index (χ1) is 25.9. The normalized spacial score (nSPS) is 13.7. The zero-order valence-corrected chi connectivity index (χ0v) is 36.1. The number of quaternary nitrogens is 1. The van der Waals surface area contributed by atoms with Gasteiger partial charge in [0.1, 0.15) is 19.8 Å². The molecule has 10 nitrogen and oxygen atoms in total. The Balaban J connectivity index is 4.43. The van der Waals surface area contributed by atoms with Crippen LogP contribution in [0.1, 0.15) is 181 Å². The molecule has 0 saturated heterocycles. The molecule has 0 heterocycles. The van der Waals surface area contributed by atoms with E-state index in [4.69, 9.17) is 18.5 Å². The van der Waals surface area contributed by atoms with Crippen LogP contribution in [0, 0.1) is 0 Å². The van der Waals surface area contributed by atoms with Crippen LogP contribution in [0.4, 0.5) is 0 Å². The highest BCUT2D eigenvalue weighted by Gasteiger charge is 2.27. The number of rotatable bonds is 39. The molecule has 0 bridgehead atoms. The molecule has 0 saturated carbocycles. The lowest BCUT2D eigenvalue weighted by molar-refractivity contribution is -0.870. The van der Waals surface area contributed by atoms with Crippen molar-refractivity contribution in [3.63, 3.8) is 0 Å². The van der Waals surface area contributed by atoms with E-state index in [-0.39, 0.29) is 37.8 Å². The number of ether oxygens (including phenoxy) is 2. The monoisotopic (exact) mass is 787 g/mol. The molecule has 0 aliphatic heterocycles. The number of carbonyl (C=O) groups is 3. The molecule has 0 aliphatic rings. The van der Waals surface area contributed by atoms with Crippen LogP contribution >= 0.6 is 7.82 Å². The molecule has 316 valence electrons. The Morgan fingerprint density at radius 3 is 1.65 bits per heavy atom. The van der Waals surface area contributed by atoms with Crippen molar-refractivity contribution >= 4 is 25.5 Å². The first kappa shape index (κ1) is 52.2. The van der Waals surface area contributed by atoms with Crippen molar-refractivity contribution < 1.29 is 46.8 Å². The third kappa shape index (κ3) is 38.4. The third-order valence-electron chi connectivity index (χ3n) is 9.21. The minimum atomic E-state index is -4.39. The maximum atomic E-state index is 12.7. The first-order valence-electron chi connectivity index (χ1n) is 21.5. The highest BCUT2D eigenvalue weighted by molar-refractivity contribution is 7.47. The second-order valence-corrected chi connectivity index (χ2v) is 17.2. The summed E-state index contributed by atoms with van der Waals surface area (Å²) in [6, 6.07) is 0. The average Bonchev–Trinajstić information content (AvgIpc) is 3.11.